The number of hydrogen-bond acceptors (Lipinski definition) is 5. The highest BCUT2D eigenvalue weighted by Crippen LogP contribution is 2.26. The molecule has 0 saturated carbocycles. The van der Waals surface area contributed by atoms with Gasteiger partial charge in [0.2, 0.25) is 0 Å². The minimum Gasteiger partial charge on any atom is -0.497 e. The summed E-state index contributed by atoms with van der Waals surface area (Å²) in [5.41, 5.74) is 0.0795. The Morgan fingerprint density at radius 3 is 2.41 bits per heavy atom. The molecule has 1 aromatic carbocycles. The van der Waals surface area contributed by atoms with Crippen LogP contribution in [0.25, 0.3) is 0 Å². The number of ether oxygens (including phenoxy) is 2. The maximum atomic E-state index is 12.8. The quantitative estimate of drug-likeness (QED) is 0.791. The summed E-state index contributed by atoms with van der Waals surface area (Å²) in [7, 11) is -1.05. The second-order valence-corrected chi connectivity index (χ2v) is 6.69. The lowest BCUT2D eigenvalue weighted by atomic mass is 10.2. The van der Waals surface area contributed by atoms with E-state index in [1.165, 1.54) is 26.4 Å². The van der Waals surface area contributed by atoms with E-state index < -0.39 is 16.0 Å². The van der Waals surface area contributed by atoms with Crippen molar-refractivity contribution in [3.8, 4) is 5.75 Å². The van der Waals surface area contributed by atoms with Gasteiger partial charge in [-0.05, 0) is 43.5 Å². The first kappa shape index (κ1) is 16.4. The van der Waals surface area contributed by atoms with E-state index in [9.17, 15) is 13.2 Å². The topological polar surface area (TPSA) is 72.9 Å². The largest absolute Gasteiger partial charge is 0.497 e. The van der Waals surface area contributed by atoms with E-state index >= 15 is 0 Å². The number of rotatable bonds is 4. The Bertz CT molecular complexity index is 664. The molecule has 0 spiro atoms. The first-order valence-corrected chi connectivity index (χ1v) is 8.40. The van der Waals surface area contributed by atoms with Crippen molar-refractivity contribution in [3.05, 3.63) is 36.0 Å². The lowest BCUT2D eigenvalue weighted by Crippen LogP contribution is -2.34. The zero-order valence-corrected chi connectivity index (χ0v) is 13.4. The summed E-state index contributed by atoms with van der Waals surface area (Å²) in [6.45, 7) is 0.259. The van der Waals surface area contributed by atoms with Gasteiger partial charge in [-0.15, -0.1) is 0 Å². The molecule has 6 nitrogen and oxygen atoms in total. The summed E-state index contributed by atoms with van der Waals surface area (Å²) >= 11 is 0. The molecule has 0 aliphatic carbocycles. The fraction of sp³-hybridized carbons (Fsp3) is 0.400. The van der Waals surface area contributed by atoms with Gasteiger partial charge in [0.25, 0.3) is 10.0 Å². The monoisotopic (exact) mass is 325 g/mol. The maximum absolute atomic E-state index is 12.8. The number of carbonyl (C=O) groups excluding carboxylic acids is 1. The van der Waals surface area contributed by atoms with Crippen LogP contribution in [0, 0.1) is 0 Å². The molecule has 0 amide bonds. The second kappa shape index (κ2) is 6.83. The van der Waals surface area contributed by atoms with E-state index in [1.54, 1.807) is 18.2 Å². The predicted octanol–water partition coefficient (Wildman–Crippen LogP) is 1.93. The lowest BCUT2D eigenvalue weighted by molar-refractivity contribution is -0.137. The second-order valence-electron chi connectivity index (χ2n) is 4.83. The molecular formula is C15H19NO5S. The Balaban J connectivity index is 2.41. The van der Waals surface area contributed by atoms with Crippen molar-refractivity contribution in [2.24, 2.45) is 0 Å². The molecule has 0 N–H and O–H groups in total. The van der Waals surface area contributed by atoms with Gasteiger partial charge in [0.15, 0.2) is 0 Å². The van der Waals surface area contributed by atoms with Crippen LogP contribution >= 0.6 is 0 Å². The molecule has 1 aliphatic rings. The minimum atomic E-state index is -3.81. The van der Waals surface area contributed by atoms with Crippen LogP contribution in [0.3, 0.4) is 0 Å². The van der Waals surface area contributed by atoms with Gasteiger partial charge >= 0.3 is 5.97 Å². The molecule has 1 aromatic rings. The third-order valence-corrected chi connectivity index (χ3v) is 5.29. The summed E-state index contributed by atoms with van der Waals surface area (Å²) in [6, 6.07) is 6.08. The first-order valence-electron chi connectivity index (χ1n) is 6.96. The Kier molecular flexibility index (Phi) is 5.07. The molecule has 7 heteroatoms. The molecule has 0 unspecified atom stereocenters. The summed E-state index contributed by atoms with van der Waals surface area (Å²) in [6.07, 6.45) is 3.79. The van der Waals surface area contributed by atoms with Crippen LogP contribution in [0.4, 0.5) is 0 Å². The number of nitrogens with zero attached hydrogens (tertiary/aromatic N) is 1. The highest BCUT2D eigenvalue weighted by atomic mass is 32.2. The summed E-state index contributed by atoms with van der Waals surface area (Å²) in [5, 5.41) is 0. The summed E-state index contributed by atoms with van der Waals surface area (Å²) in [4.78, 5) is 12.0. The molecule has 0 atom stereocenters. The van der Waals surface area contributed by atoms with Gasteiger partial charge in [-0.25, -0.2) is 13.2 Å². The van der Waals surface area contributed by atoms with Gasteiger partial charge in [-0.1, -0.05) is 6.08 Å². The Hall–Kier alpha value is -2.02. The van der Waals surface area contributed by atoms with Crippen molar-refractivity contribution >= 4 is 16.0 Å². The van der Waals surface area contributed by atoms with Gasteiger partial charge in [-0.2, -0.15) is 0 Å². The molecular weight excluding hydrogens is 306 g/mol. The third-order valence-electron chi connectivity index (χ3n) is 3.46. The zero-order chi connectivity index (χ0) is 16.2. The number of esters is 1. The van der Waals surface area contributed by atoms with Crippen LogP contribution in [-0.2, 0) is 19.6 Å². The van der Waals surface area contributed by atoms with Crippen LogP contribution in [-0.4, -0.2) is 39.5 Å². The van der Waals surface area contributed by atoms with Crippen molar-refractivity contribution in [2.75, 3.05) is 20.8 Å². The fourth-order valence-corrected chi connectivity index (χ4v) is 3.79. The number of hydrogen-bond donors (Lipinski definition) is 0. The van der Waals surface area contributed by atoms with Crippen molar-refractivity contribution in [2.45, 2.75) is 24.2 Å². The average Bonchev–Trinajstić information content (AvgIpc) is 2.80. The van der Waals surface area contributed by atoms with Crippen LogP contribution in [0.1, 0.15) is 19.3 Å². The number of sulfonamides is 1. The van der Waals surface area contributed by atoms with Crippen molar-refractivity contribution in [1.82, 2.24) is 4.31 Å². The van der Waals surface area contributed by atoms with Gasteiger partial charge in [0, 0.05) is 6.54 Å². The minimum absolute atomic E-state index is 0.0795. The first-order chi connectivity index (χ1) is 10.5. The molecule has 1 aliphatic heterocycles. The van der Waals surface area contributed by atoms with Gasteiger partial charge < -0.3 is 9.47 Å². The van der Waals surface area contributed by atoms with E-state index in [-0.39, 0.29) is 17.1 Å². The molecule has 0 radical (unpaired) electrons. The van der Waals surface area contributed by atoms with Crippen molar-refractivity contribution in [1.29, 1.82) is 0 Å². The number of methoxy groups -OCH3 is 2. The summed E-state index contributed by atoms with van der Waals surface area (Å²) in [5.74, 6) is -0.0717. The molecule has 0 aromatic heterocycles. The molecule has 0 saturated heterocycles. The number of carbonyl (C=O) groups is 1. The highest BCUT2D eigenvalue weighted by Gasteiger charge is 2.31. The predicted molar refractivity (Wildman–Crippen MR) is 80.8 cm³/mol. The fourth-order valence-electron chi connectivity index (χ4n) is 2.28. The van der Waals surface area contributed by atoms with Crippen LogP contribution in [0.2, 0.25) is 0 Å². The smallest absolute Gasteiger partial charge is 0.354 e. The normalized spacial score (nSPS) is 15.7. The Labute approximate surface area is 130 Å². The standard InChI is InChI=1S/C15H19NO5S/c1-20-12-7-9-13(10-8-12)22(18,19)16-11-5-3-4-6-14(16)15(17)21-2/h6-10H,3-5,11H2,1-2H3. The number of allylic oxidation sites excluding steroid dienone is 1. The average molecular weight is 325 g/mol. The van der Waals surface area contributed by atoms with Gasteiger partial charge in [-0.3, -0.25) is 4.31 Å². The van der Waals surface area contributed by atoms with Gasteiger partial charge in [0.05, 0.1) is 19.1 Å². The molecule has 1 heterocycles. The zero-order valence-electron chi connectivity index (χ0n) is 12.6. The molecule has 2 rings (SSSR count). The molecule has 22 heavy (non-hydrogen) atoms. The van der Waals surface area contributed by atoms with Crippen LogP contribution < -0.4 is 4.74 Å². The van der Waals surface area contributed by atoms with Crippen molar-refractivity contribution in [3.63, 3.8) is 0 Å². The maximum Gasteiger partial charge on any atom is 0.354 e. The van der Waals surface area contributed by atoms with E-state index in [4.69, 9.17) is 9.47 Å². The molecule has 0 fully saturated rings. The van der Waals surface area contributed by atoms with Crippen LogP contribution in [0.15, 0.2) is 40.9 Å². The van der Waals surface area contributed by atoms with E-state index in [2.05, 4.69) is 0 Å². The Morgan fingerprint density at radius 1 is 1.14 bits per heavy atom. The van der Waals surface area contributed by atoms with Crippen LogP contribution in [0.5, 0.6) is 5.75 Å². The molecule has 0 bridgehead atoms. The van der Waals surface area contributed by atoms with Gasteiger partial charge in [0.1, 0.15) is 11.4 Å². The Morgan fingerprint density at radius 2 is 1.82 bits per heavy atom. The van der Waals surface area contributed by atoms with Crippen molar-refractivity contribution < 1.29 is 22.7 Å². The van der Waals surface area contributed by atoms with E-state index in [0.717, 1.165) is 10.7 Å². The third kappa shape index (κ3) is 3.24. The molecule has 120 valence electrons. The SMILES string of the molecule is COC(=O)C1=CCCCCN1S(=O)(=O)c1ccc(OC)cc1. The lowest BCUT2D eigenvalue weighted by Gasteiger charge is -2.24. The van der Waals surface area contributed by atoms with E-state index in [0.29, 0.717) is 18.6 Å². The number of benzene rings is 1. The summed E-state index contributed by atoms with van der Waals surface area (Å²) < 4.78 is 36.5. The van der Waals surface area contributed by atoms with E-state index in [1.807, 2.05) is 0 Å². The highest BCUT2D eigenvalue weighted by molar-refractivity contribution is 7.89.